The Morgan fingerprint density at radius 3 is 2.44 bits per heavy atom. The highest BCUT2D eigenvalue weighted by Crippen LogP contribution is 2.66. The largest absolute Gasteiger partial charge is 0.396 e. The van der Waals surface area contributed by atoms with Crippen molar-refractivity contribution in [3.05, 3.63) is 40.5 Å². The first-order valence-corrected chi connectivity index (χ1v) is 9.63. The number of allylic oxidation sites excluding steroid dienone is 1. The van der Waals surface area contributed by atoms with Gasteiger partial charge in [0.1, 0.15) is 0 Å². The van der Waals surface area contributed by atoms with Crippen LogP contribution in [0.1, 0.15) is 56.7 Å². The second kappa shape index (κ2) is 8.04. The monoisotopic (exact) mass is 393 g/mol. The lowest BCUT2D eigenvalue weighted by atomic mass is 9.70. The molecule has 0 aromatic heterocycles. The number of fused-ring (bicyclic) bond motifs is 2. The van der Waals surface area contributed by atoms with Gasteiger partial charge in [-0.2, -0.15) is 0 Å². The number of carbonyl (C=O) groups is 1. The summed E-state index contributed by atoms with van der Waals surface area (Å²) in [5.74, 6) is 0.484. The molecule has 2 aliphatic carbocycles. The van der Waals surface area contributed by atoms with Gasteiger partial charge in [0.2, 0.25) is 0 Å². The average molecular weight is 394 g/mol. The fraction of sp³-hybridized carbons (Fsp3) is 0.591. The third-order valence-corrected chi connectivity index (χ3v) is 7.12. The number of carbonyl (C=O) groups excluding carboxylic acids is 1. The van der Waals surface area contributed by atoms with E-state index in [9.17, 15) is 15.0 Å². The topological polar surface area (TPSA) is 83.6 Å². The summed E-state index contributed by atoms with van der Waals surface area (Å²) in [5, 5.41) is 19.2. The number of ketones is 1. The van der Waals surface area contributed by atoms with E-state index in [1.54, 1.807) is 0 Å². The summed E-state index contributed by atoms with van der Waals surface area (Å²) in [5.41, 5.74) is 10.3. The molecular weight excluding hydrogens is 362 g/mol. The number of nitrogens with two attached hydrogens (primary N) is 1. The van der Waals surface area contributed by atoms with Crippen LogP contribution in [-0.4, -0.2) is 29.2 Å². The SMILES string of the molecule is CC12CCC(C(=C(CCO)c3ccc(CN)cc3CCO)C1=O)C2(C)C.Cl. The minimum Gasteiger partial charge on any atom is -0.396 e. The summed E-state index contributed by atoms with van der Waals surface area (Å²) in [6, 6.07) is 6.02. The molecule has 3 rings (SSSR count). The summed E-state index contributed by atoms with van der Waals surface area (Å²) >= 11 is 0. The molecule has 0 amide bonds. The molecule has 2 fully saturated rings. The molecular formula is C22H32ClNO3. The van der Waals surface area contributed by atoms with Crippen molar-refractivity contribution in [1.82, 2.24) is 0 Å². The first-order valence-electron chi connectivity index (χ1n) is 9.63. The van der Waals surface area contributed by atoms with E-state index >= 15 is 0 Å². The Bertz CT molecular complexity index is 756. The van der Waals surface area contributed by atoms with Crippen LogP contribution in [0.25, 0.3) is 5.57 Å². The molecule has 2 aliphatic rings. The van der Waals surface area contributed by atoms with Gasteiger partial charge in [0.25, 0.3) is 0 Å². The standard InChI is InChI=1S/C22H31NO3.ClH/c1-21(2)18-6-9-22(21,3)20(26)19(18)17(8-11-25)16-5-4-14(13-23)12-15(16)7-10-24;/h4-5,12,18,24-25H,6-11,13,23H2,1-3H3;1H. The molecule has 27 heavy (non-hydrogen) atoms. The molecule has 150 valence electrons. The van der Waals surface area contributed by atoms with Crippen LogP contribution in [0.3, 0.4) is 0 Å². The van der Waals surface area contributed by atoms with Crippen molar-refractivity contribution in [2.45, 2.75) is 53.0 Å². The molecule has 0 saturated heterocycles. The highest BCUT2D eigenvalue weighted by Gasteiger charge is 2.64. The van der Waals surface area contributed by atoms with Crippen molar-refractivity contribution in [3.63, 3.8) is 0 Å². The first kappa shape index (κ1) is 22.1. The van der Waals surface area contributed by atoms with Gasteiger partial charge in [-0.3, -0.25) is 4.79 Å². The van der Waals surface area contributed by atoms with Crippen LogP contribution in [-0.2, 0) is 17.8 Å². The smallest absolute Gasteiger partial charge is 0.165 e. The van der Waals surface area contributed by atoms with Crippen molar-refractivity contribution in [1.29, 1.82) is 0 Å². The summed E-state index contributed by atoms with van der Waals surface area (Å²) in [7, 11) is 0. The predicted octanol–water partition coefficient (Wildman–Crippen LogP) is 3.26. The van der Waals surface area contributed by atoms with E-state index in [1.165, 1.54) is 0 Å². The molecule has 0 spiro atoms. The molecule has 2 saturated carbocycles. The van der Waals surface area contributed by atoms with Gasteiger partial charge < -0.3 is 15.9 Å². The molecule has 0 heterocycles. The van der Waals surface area contributed by atoms with Crippen molar-refractivity contribution in [3.8, 4) is 0 Å². The fourth-order valence-corrected chi connectivity index (χ4v) is 5.14. The summed E-state index contributed by atoms with van der Waals surface area (Å²) in [6.45, 7) is 7.01. The predicted molar refractivity (Wildman–Crippen MR) is 111 cm³/mol. The minimum atomic E-state index is -0.317. The lowest BCUT2D eigenvalue weighted by molar-refractivity contribution is -0.125. The zero-order chi connectivity index (χ0) is 19.1. The molecule has 1 aromatic carbocycles. The van der Waals surface area contributed by atoms with Crippen LogP contribution in [0.2, 0.25) is 0 Å². The summed E-state index contributed by atoms with van der Waals surface area (Å²) < 4.78 is 0. The van der Waals surface area contributed by atoms with Crippen molar-refractivity contribution in [2.24, 2.45) is 22.5 Å². The number of aliphatic hydroxyl groups excluding tert-OH is 2. The maximum absolute atomic E-state index is 13.4. The Hall–Kier alpha value is -1.20. The third kappa shape index (κ3) is 3.27. The van der Waals surface area contributed by atoms with Crippen LogP contribution in [0, 0.1) is 16.7 Å². The van der Waals surface area contributed by atoms with Crippen molar-refractivity contribution < 1.29 is 15.0 Å². The van der Waals surface area contributed by atoms with Gasteiger partial charge in [-0.15, -0.1) is 12.4 Å². The minimum absolute atomic E-state index is 0. The van der Waals surface area contributed by atoms with Crippen LogP contribution < -0.4 is 5.73 Å². The van der Waals surface area contributed by atoms with Gasteiger partial charge in [0, 0.05) is 30.7 Å². The maximum atomic E-state index is 13.4. The third-order valence-electron chi connectivity index (χ3n) is 7.12. The molecule has 4 N–H and O–H groups in total. The lowest BCUT2D eigenvalue weighted by Gasteiger charge is -2.31. The lowest BCUT2D eigenvalue weighted by Crippen LogP contribution is -2.32. The van der Waals surface area contributed by atoms with E-state index in [-0.39, 0.29) is 48.2 Å². The quantitative estimate of drug-likeness (QED) is 0.647. The Morgan fingerprint density at radius 2 is 1.93 bits per heavy atom. The number of hydrogen-bond donors (Lipinski definition) is 3. The highest BCUT2D eigenvalue weighted by molar-refractivity contribution is 6.10. The second-order valence-electron chi connectivity index (χ2n) is 8.51. The fourth-order valence-electron chi connectivity index (χ4n) is 5.14. The number of hydrogen-bond acceptors (Lipinski definition) is 4. The van der Waals surface area contributed by atoms with Crippen LogP contribution >= 0.6 is 12.4 Å². The van der Waals surface area contributed by atoms with Crippen molar-refractivity contribution in [2.75, 3.05) is 13.2 Å². The van der Waals surface area contributed by atoms with E-state index in [2.05, 4.69) is 20.8 Å². The van der Waals surface area contributed by atoms with Gasteiger partial charge in [-0.05, 0) is 59.3 Å². The second-order valence-corrected chi connectivity index (χ2v) is 8.51. The van der Waals surface area contributed by atoms with E-state index in [0.29, 0.717) is 19.4 Å². The van der Waals surface area contributed by atoms with Gasteiger partial charge in [-0.25, -0.2) is 0 Å². The van der Waals surface area contributed by atoms with Crippen LogP contribution in [0.15, 0.2) is 23.8 Å². The number of rotatable bonds is 6. The highest BCUT2D eigenvalue weighted by atomic mass is 35.5. The number of aliphatic hydroxyl groups is 2. The summed E-state index contributed by atoms with van der Waals surface area (Å²) in [4.78, 5) is 13.4. The van der Waals surface area contributed by atoms with E-state index in [1.807, 2.05) is 18.2 Å². The maximum Gasteiger partial charge on any atom is 0.165 e. The molecule has 4 nitrogen and oxygen atoms in total. The number of Topliss-reactive ketones (excluding diaryl/α,β-unsaturated/α-hetero) is 1. The van der Waals surface area contributed by atoms with E-state index < -0.39 is 0 Å². The molecule has 0 aliphatic heterocycles. The average Bonchev–Trinajstić information content (AvgIpc) is 2.93. The van der Waals surface area contributed by atoms with Gasteiger partial charge in [0.15, 0.2) is 5.78 Å². The zero-order valence-corrected chi connectivity index (χ0v) is 17.4. The van der Waals surface area contributed by atoms with Gasteiger partial charge in [-0.1, -0.05) is 39.0 Å². The first-order chi connectivity index (χ1) is 12.3. The Labute approximate surface area is 168 Å². The Morgan fingerprint density at radius 1 is 1.22 bits per heavy atom. The van der Waals surface area contributed by atoms with E-state index in [4.69, 9.17) is 5.73 Å². The Balaban J connectivity index is 0.00000261. The van der Waals surface area contributed by atoms with E-state index in [0.717, 1.165) is 40.7 Å². The normalized spacial score (nSPS) is 27.6. The molecule has 2 unspecified atom stereocenters. The number of halogens is 1. The van der Waals surface area contributed by atoms with Crippen LogP contribution in [0.5, 0.6) is 0 Å². The Kier molecular flexibility index (Phi) is 6.58. The molecule has 5 heteroatoms. The van der Waals surface area contributed by atoms with Gasteiger partial charge >= 0.3 is 0 Å². The zero-order valence-electron chi connectivity index (χ0n) is 16.5. The molecule has 2 bridgehead atoms. The van der Waals surface area contributed by atoms with Crippen molar-refractivity contribution >= 4 is 23.8 Å². The molecule has 0 radical (unpaired) electrons. The molecule has 1 aromatic rings. The molecule has 2 atom stereocenters. The van der Waals surface area contributed by atoms with Gasteiger partial charge in [0.05, 0.1) is 0 Å². The number of benzene rings is 1. The van der Waals surface area contributed by atoms with Crippen LogP contribution in [0.4, 0.5) is 0 Å². The summed E-state index contributed by atoms with van der Waals surface area (Å²) in [6.07, 6.45) is 2.94.